The van der Waals surface area contributed by atoms with Crippen LogP contribution in [0.1, 0.15) is 22.9 Å². The van der Waals surface area contributed by atoms with Gasteiger partial charge in [-0.15, -0.1) is 0 Å². The van der Waals surface area contributed by atoms with Crippen LogP contribution in [0, 0.1) is 0 Å². The Balaban J connectivity index is 1.76. The number of fused-ring (bicyclic) bond motifs is 3. The monoisotopic (exact) mass is 375 g/mol. The van der Waals surface area contributed by atoms with Gasteiger partial charge in [0.05, 0.1) is 14.2 Å². The second kappa shape index (κ2) is 6.39. The first kappa shape index (κ1) is 17.6. The first-order valence-corrected chi connectivity index (χ1v) is 10.1. The standard InChI is InChI=1S/C19H22NO5P/c1-20(2)26(21)19-13-7-5-6-8-14(13)24-17(18(19)25-26)12-9-10-15(22-3)16(11-12)23-4/h5-11,17-19H,1-4H3. The molecule has 0 aliphatic carbocycles. The fourth-order valence-corrected chi connectivity index (χ4v) is 6.02. The Kier molecular flexibility index (Phi) is 4.32. The minimum absolute atomic E-state index is 0.208. The van der Waals surface area contributed by atoms with Crippen LogP contribution in [0.2, 0.25) is 0 Å². The second-order valence-corrected chi connectivity index (χ2v) is 9.31. The highest BCUT2D eigenvalue weighted by molar-refractivity contribution is 7.63. The lowest BCUT2D eigenvalue weighted by molar-refractivity contribution is -0.239. The van der Waals surface area contributed by atoms with Crippen LogP contribution < -0.4 is 19.1 Å². The predicted molar refractivity (Wildman–Crippen MR) is 97.6 cm³/mol. The summed E-state index contributed by atoms with van der Waals surface area (Å²) in [4.78, 5) is 13.3. The second-order valence-electron chi connectivity index (χ2n) is 6.62. The van der Waals surface area contributed by atoms with Gasteiger partial charge in [-0.05, 0) is 23.8 Å². The minimum atomic E-state index is -2.92. The summed E-state index contributed by atoms with van der Waals surface area (Å²) in [5.74, 6) is 2.02. The molecule has 4 unspecified atom stereocenters. The normalized spacial score (nSPS) is 29.2. The Labute approximate surface area is 153 Å². The first-order valence-electron chi connectivity index (χ1n) is 8.43. The van der Waals surface area contributed by atoms with E-state index in [4.69, 9.17) is 18.7 Å². The van der Waals surface area contributed by atoms with Crippen molar-refractivity contribution in [3.05, 3.63) is 53.6 Å². The Morgan fingerprint density at radius 2 is 1.77 bits per heavy atom. The van der Waals surface area contributed by atoms with E-state index in [1.807, 2.05) is 42.5 Å². The van der Waals surface area contributed by atoms with Gasteiger partial charge in [0.2, 0.25) is 0 Å². The van der Waals surface area contributed by atoms with E-state index < -0.39 is 7.87 Å². The van der Waals surface area contributed by atoms with E-state index in [1.165, 1.54) is 0 Å². The van der Waals surface area contributed by atoms with Gasteiger partial charge in [-0.1, -0.05) is 24.3 Å². The molecule has 0 aromatic heterocycles. The number of benzene rings is 2. The summed E-state index contributed by atoms with van der Waals surface area (Å²) in [6.07, 6.45) is -0.673. The molecule has 2 aromatic rings. The molecule has 2 aromatic carbocycles. The maximum Gasteiger partial charge on any atom is 0.188 e. The van der Waals surface area contributed by atoms with Crippen LogP contribution >= 0.6 is 7.87 Å². The number of hydrogen-bond donors (Lipinski definition) is 0. The number of methoxy groups -OCH3 is 2. The van der Waals surface area contributed by atoms with Gasteiger partial charge in [-0.25, -0.2) is 4.52 Å². The van der Waals surface area contributed by atoms with E-state index in [0.717, 1.165) is 16.9 Å². The first-order chi connectivity index (χ1) is 12.5. The van der Waals surface area contributed by atoms with Gasteiger partial charge in [0.25, 0.3) is 0 Å². The Morgan fingerprint density at radius 1 is 1.04 bits per heavy atom. The maximum absolute atomic E-state index is 13.3. The fraction of sp³-hybridized carbons (Fsp3) is 0.368. The predicted octanol–water partition coefficient (Wildman–Crippen LogP) is 2.96. The van der Waals surface area contributed by atoms with Gasteiger partial charge in [0.1, 0.15) is 5.75 Å². The van der Waals surface area contributed by atoms with Crippen molar-refractivity contribution in [3.63, 3.8) is 0 Å². The molecule has 0 amide bonds. The van der Waals surface area contributed by atoms with Crippen LogP contribution in [-0.2, 0) is 4.52 Å². The maximum atomic E-state index is 13.3. The fourth-order valence-electron chi connectivity index (χ4n) is 3.66. The summed E-state index contributed by atoms with van der Waals surface area (Å²) in [5, 5.41) is 0. The summed E-state index contributed by atoms with van der Waals surface area (Å²) in [6.45, 7) is 0. The summed E-state index contributed by atoms with van der Waals surface area (Å²) in [6, 6.07) is 13.4. The van der Waals surface area contributed by atoms with E-state index in [0.29, 0.717) is 11.5 Å². The Hall–Kier alpha value is -1.85. The van der Waals surface area contributed by atoms with Crippen LogP contribution in [0.3, 0.4) is 0 Å². The van der Waals surface area contributed by atoms with Crippen molar-refractivity contribution >= 4 is 7.87 Å². The van der Waals surface area contributed by atoms with E-state index >= 15 is 0 Å². The average Bonchev–Trinajstić information content (AvgIpc) is 2.64. The molecule has 2 aliphatic heterocycles. The number of para-hydroxylation sites is 1. The lowest BCUT2D eigenvalue weighted by Crippen LogP contribution is -2.53. The minimum Gasteiger partial charge on any atom is -0.641 e. The number of hydrogen-bond acceptors (Lipinski definition) is 6. The zero-order valence-corrected chi connectivity index (χ0v) is 16.1. The van der Waals surface area contributed by atoms with Crippen molar-refractivity contribution in [1.29, 1.82) is 0 Å². The molecular weight excluding hydrogens is 353 g/mol. The third-order valence-corrected chi connectivity index (χ3v) is 7.95. The van der Waals surface area contributed by atoms with E-state index in [1.54, 1.807) is 33.0 Å². The van der Waals surface area contributed by atoms with Crippen LogP contribution in [0.5, 0.6) is 17.2 Å². The molecule has 0 radical (unpaired) electrons. The Morgan fingerprint density at radius 3 is 2.46 bits per heavy atom. The molecule has 0 N–H and O–H groups in total. The highest BCUT2D eigenvalue weighted by Crippen LogP contribution is 2.79. The van der Waals surface area contributed by atoms with E-state index in [2.05, 4.69) is 0 Å². The molecule has 2 aliphatic rings. The molecule has 1 fully saturated rings. The third-order valence-electron chi connectivity index (χ3n) is 5.02. The summed E-state index contributed by atoms with van der Waals surface area (Å²) in [5.41, 5.74) is 1.63. The van der Waals surface area contributed by atoms with Crippen molar-refractivity contribution < 1.29 is 23.6 Å². The molecule has 0 bridgehead atoms. The molecule has 138 valence electrons. The molecule has 0 saturated carbocycles. The van der Waals surface area contributed by atoms with Crippen LogP contribution in [0.4, 0.5) is 0 Å². The van der Waals surface area contributed by atoms with Crippen molar-refractivity contribution in [2.75, 3.05) is 28.3 Å². The molecule has 6 nitrogen and oxygen atoms in total. The average molecular weight is 375 g/mol. The summed E-state index contributed by atoms with van der Waals surface area (Å²) in [7, 11) is 3.86. The van der Waals surface area contributed by atoms with Crippen molar-refractivity contribution in [2.24, 2.45) is 0 Å². The summed E-state index contributed by atoms with van der Waals surface area (Å²) >= 11 is 0. The highest BCUT2D eigenvalue weighted by Gasteiger charge is 2.66. The highest BCUT2D eigenvalue weighted by atomic mass is 31.2. The SMILES string of the molecule is COc1ccc(C2Oc3ccccc3C3C2O[P+]3([O-])N(C)C)cc1OC. The van der Waals surface area contributed by atoms with Gasteiger partial charge in [-0.2, -0.15) is 4.67 Å². The van der Waals surface area contributed by atoms with Crippen molar-refractivity contribution in [3.8, 4) is 17.2 Å². The molecule has 2 heterocycles. The van der Waals surface area contributed by atoms with Gasteiger partial charge in [-0.3, -0.25) is 0 Å². The number of ether oxygens (including phenoxy) is 3. The lowest BCUT2D eigenvalue weighted by Gasteiger charge is -2.55. The lowest BCUT2D eigenvalue weighted by atomic mass is 9.93. The Bertz CT molecular complexity index is 829. The number of nitrogens with zero attached hydrogens (tertiary/aromatic N) is 1. The molecule has 26 heavy (non-hydrogen) atoms. The van der Waals surface area contributed by atoms with E-state index in [9.17, 15) is 4.89 Å². The van der Waals surface area contributed by atoms with Crippen LogP contribution in [0.15, 0.2) is 42.5 Å². The topological polar surface area (TPSA) is 63.2 Å². The van der Waals surface area contributed by atoms with Crippen molar-refractivity contribution in [2.45, 2.75) is 17.9 Å². The molecule has 7 heteroatoms. The van der Waals surface area contributed by atoms with Gasteiger partial charge in [0.15, 0.2) is 37.2 Å². The molecule has 1 saturated heterocycles. The largest absolute Gasteiger partial charge is 0.641 e. The third kappa shape index (κ3) is 2.48. The molecule has 4 atom stereocenters. The molecule has 0 spiro atoms. The smallest absolute Gasteiger partial charge is 0.188 e. The van der Waals surface area contributed by atoms with Crippen LogP contribution in [0.25, 0.3) is 0 Å². The van der Waals surface area contributed by atoms with Crippen LogP contribution in [-0.4, -0.2) is 39.1 Å². The van der Waals surface area contributed by atoms with E-state index in [-0.39, 0.29) is 17.9 Å². The zero-order chi connectivity index (χ0) is 18.5. The number of rotatable bonds is 4. The molecular formula is C19H22NO5P. The van der Waals surface area contributed by atoms with Gasteiger partial charge >= 0.3 is 0 Å². The summed E-state index contributed by atoms with van der Waals surface area (Å²) < 4.78 is 24.6. The zero-order valence-electron chi connectivity index (χ0n) is 15.2. The van der Waals surface area contributed by atoms with Crippen molar-refractivity contribution in [1.82, 2.24) is 4.67 Å². The quantitative estimate of drug-likeness (QED) is 0.766. The van der Waals surface area contributed by atoms with Gasteiger partial charge in [0, 0.05) is 19.7 Å². The van der Waals surface area contributed by atoms with Gasteiger partial charge < -0.3 is 19.1 Å². The molecule has 4 rings (SSSR count).